The minimum atomic E-state index is -0.0361. The van der Waals surface area contributed by atoms with Crippen LogP contribution in [0, 0.1) is 6.92 Å². The molecule has 7 nitrogen and oxygen atoms in total. The predicted octanol–water partition coefficient (Wildman–Crippen LogP) is 3.01. The molecule has 1 saturated heterocycles. The summed E-state index contributed by atoms with van der Waals surface area (Å²) in [5.74, 6) is 1.42. The highest BCUT2D eigenvalue weighted by Gasteiger charge is 2.32. The molecule has 0 aliphatic carbocycles. The Bertz CT molecular complexity index is 879. The van der Waals surface area contributed by atoms with Crippen LogP contribution in [0.5, 0.6) is 0 Å². The molecular weight excluding hydrogens is 328 g/mol. The van der Waals surface area contributed by atoms with Gasteiger partial charge in [-0.2, -0.15) is 5.10 Å². The predicted molar refractivity (Wildman–Crippen MR) is 98.6 cm³/mol. The molecule has 1 fully saturated rings. The van der Waals surface area contributed by atoms with Crippen molar-refractivity contribution in [1.82, 2.24) is 24.7 Å². The van der Waals surface area contributed by atoms with E-state index in [2.05, 4.69) is 32.3 Å². The monoisotopic (exact) mass is 350 g/mol. The Morgan fingerprint density at radius 1 is 1.23 bits per heavy atom. The largest absolute Gasteiger partial charge is 0.370 e. The number of rotatable bonds is 5. The molecule has 134 valence electrons. The van der Waals surface area contributed by atoms with E-state index in [0.29, 0.717) is 12.4 Å². The van der Waals surface area contributed by atoms with Gasteiger partial charge in [-0.1, -0.05) is 6.07 Å². The van der Waals surface area contributed by atoms with Crippen molar-refractivity contribution in [3.8, 4) is 11.5 Å². The van der Waals surface area contributed by atoms with Gasteiger partial charge in [0.1, 0.15) is 17.6 Å². The van der Waals surface area contributed by atoms with Gasteiger partial charge in [0.2, 0.25) is 0 Å². The number of anilines is 1. The van der Waals surface area contributed by atoms with E-state index in [4.69, 9.17) is 4.74 Å². The smallest absolute Gasteiger partial charge is 0.180 e. The first kappa shape index (κ1) is 16.7. The number of pyridine rings is 1. The average Bonchev–Trinajstić information content (AvgIpc) is 3.30. The normalized spacial score (nSPS) is 19.6. The van der Waals surface area contributed by atoms with Crippen LogP contribution >= 0.6 is 0 Å². The first-order chi connectivity index (χ1) is 12.7. The fourth-order valence-electron chi connectivity index (χ4n) is 3.32. The summed E-state index contributed by atoms with van der Waals surface area (Å²) in [4.78, 5) is 13.5. The molecule has 0 amide bonds. The first-order valence-electron chi connectivity index (χ1n) is 8.91. The molecule has 3 aromatic rings. The maximum absolute atomic E-state index is 5.99. The molecule has 7 heteroatoms. The maximum atomic E-state index is 5.99. The highest BCUT2D eigenvalue weighted by Crippen LogP contribution is 2.31. The summed E-state index contributed by atoms with van der Waals surface area (Å²) >= 11 is 0. The lowest BCUT2D eigenvalue weighted by Gasteiger charge is -2.21. The Balaban J connectivity index is 1.59. The Morgan fingerprint density at radius 3 is 2.96 bits per heavy atom. The minimum Gasteiger partial charge on any atom is -0.370 e. The molecule has 0 bridgehead atoms. The summed E-state index contributed by atoms with van der Waals surface area (Å²) in [6.07, 6.45) is 4.46. The third-order valence-corrected chi connectivity index (χ3v) is 4.51. The summed E-state index contributed by atoms with van der Waals surface area (Å²) in [5.41, 5.74) is 2.76. The van der Waals surface area contributed by atoms with Crippen molar-refractivity contribution in [2.75, 3.05) is 11.9 Å². The summed E-state index contributed by atoms with van der Waals surface area (Å²) in [5, 5.41) is 7.90. The fourth-order valence-corrected chi connectivity index (χ4v) is 3.32. The van der Waals surface area contributed by atoms with E-state index in [1.54, 1.807) is 6.20 Å². The zero-order valence-electron chi connectivity index (χ0n) is 15.0. The van der Waals surface area contributed by atoms with Crippen LogP contribution in [0.1, 0.15) is 30.8 Å². The van der Waals surface area contributed by atoms with Crippen LogP contribution in [0.3, 0.4) is 0 Å². The number of nitrogens with zero attached hydrogens (tertiary/aromatic N) is 5. The first-order valence-corrected chi connectivity index (χ1v) is 8.91. The lowest BCUT2D eigenvalue weighted by molar-refractivity contribution is 0.100. The number of aromatic nitrogens is 5. The molecule has 1 aliphatic heterocycles. The second kappa shape index (κ2) is 7.21. The summed E-state index contributed by atoms with van der Waals surface area (Å²) < 4.78 is 7.97. The van der Waals surface area contributed by atoms with E-state index in [9.17, 15) is 0 Å². The molecule has 4 rings (SSSR count). The zero-order chi connectivity index (χ0) is 17.9. The van der Waals surface area contributed by atoms with Crippen LogP contribution in [0.2, 0.25) is 0 Å². The highest BCUT2D eigenvalue weighted by molar-refractivity contribution is 5.53. The number of ether oxygens (including phenoxy) is 1. The molecular formula is C19H22N6O. The van der Waals surface area contributed by atoms with Crippen molar-refractivity contribution >= 4 is 5.82 Å². The van der Waals surface area contributed by atoms with Crippen molar-refractivity contribution in [3.63, 3.8) is 0 Å². The summed E-state index contributed by atoms with van der Waals surface area (Å²) in [6, 6.07) is 9.86. The van der Waals surface area contributed by atoms with Gasteiger partial charge in [0.25, 0.3) is 0 Å². The lowest BCUT2D eigenvalue weighted by atomic mass is 10.1. The second-order valence-corrected chi connectivity index (χ2v) is 6.34. The van der Waals surface area contributed by atoms with Crippen LogP contribution in [0.15, 0.2) is 42.7 Å². The van der Waals surface area contributed by atoms with E-state index < -0.39 is 0 Å². The molecule has 3 aromatic heterocycles. The standard InChI is InChI=1S/C19H22N6O/c1-3-25-16(7-10-21-25)18-14(8-11-26-18)23-17-12-13(2)22-19(24-17)15-6-4-5-9-20-15/h4-7,9-10,12,14,18H,3,8,11H2,1-2H3,(H,22,23,24)/t14-,18-/m0/s1. The molecule has 0 spiro atoms. The van der Waals surface area contributed by atoms with Crippen molar-refractivity contribution in [1.29, 1.82) is 0 Å². The average molecular weight is 350 g/mol. The molecule has 0 saturated carbocycles. The number of aryl methyl sites for hydroxylation is 2. The van der Waals surface area contributed by atoms with Crippen LogP contribution < -0.4 is 5.32 Å². The van der Waals surface area contributed by atoms with Crippen molar-refractivity contribution in [3.05, 3.63) is 54.1 Å². The minimum absolute atomic E-state index is 0.0361. The Morgan fingerprint density at radius 2 is 2.15 bits per heavy atom. The maximum Gasteiger partial charge on any atom is 0.180 e. The molecule has 0 unspecified atom stereocenters. The Hall–Kier alpha value is -2.80. The van der Waals surface area contributed by atoms with Crippen LogP contribution in [0.25, 0.3) is 11.5 Å². The van der Waals surface area contributed by atoms with Gasteiger partial charge in [-0.15, -0.1) is 0 Å². The summed E-state index contributed by atoms with van der Waals surface area (Å²) in [6.45, 7) is 5.59. The molecule has 4 heterocycles. The Kier molecular flexibility index (Phi) is 4.62. The van der Waals surface area contributed by atoms with Crippen molar-refractivity contribution in [2.24, 2.45) is 0 Å². The van der Waals surface area contributed by atoms with Crippen LogP contribution in [0.4, 0.5) is 5.82 Å². The van der Waals surface area contributed by atoms with E-state index in [1.165, 1.54) is 0 Å². The van der Waals surface area contributed by atoms with Crippen LogP contribution in [-0.2, 0) is 11.3 Å². The zero-order valence-corrected chi connectivity index (χ0v) is 15.0. The number of hydrogen-bond donors (Lipinski definition) is 1. The van der Waals surface area contributed by atoms with Gasteiger partial charge >= 0.3 is 0 Å². The topological polar surface area (TPSA) is 77.8 Å². The molecule has 0 aromatic carbocycles. The molecule has 2 atom stereocenters. The lowest BCUT2D eigenvalue weighted by Crippen LogP contribution is -2.26. The van der Waals surface area contributed by atoms with Gasteiger partial charge in [0.15, 0.2) is 5.82 Å². The van der Waals surface area contributed by atoms with Gasteiger partial charge < -0.3 is 10.1 Å². The molecule has 26 heavy (non-hydrogen) atoms. The van der Waals surface area contributed by atoms with E-state index in [0.717, 1.165) is 35.9 Å². The molecule has 1 aliphatic rings. The Labute approximate surface area is 152 Å². The molecule has 0 radical (unpaired) electrons. The fraction of sp³-hybridized carbons (Fsp3) is 0.368. The van der Waals surface area contributed by atoms with Gasteiger partial charge in [0, 0.05) is 37.3 Å². The highest BCUT2D eigenvalue weighted by atomic mass is 16.5. The third-order valence-electron chi connectivity index (χ3n) is 4.51. The van der Waals surface area contributed by atoms with Gasteiger partial charge in [-0.3, -0.25) is 9.67 Å². The third kappa shape index (κ3) is 3.30. The number of nitrogens with one attached hydrogen (secondary N) is 1. The summed E-state index contributed by atoms with van der Waals surface area (Å²) in [7, 11) is 0. The molecule has 1 N–H and O–H groups in total. The second-order valence-electron chi connectivity index (χ2n) is 6.34. The SMILES string of the molecule is CCn1nccc1[C@H]1OCC[C@@H]1Nc1cc(C)nc(-c2ccccn2)n1. The van der Waals surface area contributed by atoms with Gasteiger partial charge in [-0.25, -0.2) is 9.97 Å². The number of hydrogen-bond acceptors (Lipinski definition) is 6. The van der Waals surface area contributed by atoms with Crippen molar-refractivity contribution in [2.45, 2.75) is 39.0 Å². The van der Waals surface area contributed by atoms with Crippen molar-refractivity contribution < 1.29 is 4.74 Å². The quantitative estimate of drug-likeness (QED) is 0.762. The van der Waals surface area contributed by atoms with E-state index in [-0.39, 0.29) is 12.1 Å². The van der Waals surface area contributed by atoms with Gasteiger partial charge in [0.05, 0.1) is 11.7 Å². The van der Waals surface area contributed by atoms with E-state index in [1.807, 2.05) is 48.1 Å². The van der Waals surface area contributed by atoms with E-state index >= 15 is 0 Å². The van der Waals surface area contributed by atoms with Crippen LogP contribution in [-0.4, -0.2) is 37.4 Å². The van der Waals surface area contributed by atoms with Gasteiger partial charge in [-0.05, 0) is 38.5 Å².